The van der Waals surface area contributed by atoms with Crippen molar-refractivity contribution >= 4 is 16.8 Å². The Bertz CT molecular complexity index is 995. The minimum absolute atomic E-state index is 0.0374. The van der Waals surface area contributed by atoms with Gasteiger partial charge in [0.15, 0.2) is 0 Å². The second-order valence-corrected chi connectivity index (χ2v) is 6.57. The van der Waals surface area contributed by atoms with Crippen molar-refractivity contribution in [2.45, 2.75) is 39.4 Å². The van der Waals surface area contributed by atoms with Gasteiger partial charge in [-0.3, -0.25) is 14.2 Å². The average molecular weight is 383 g/mol. The molecule has 0 bridgehead atoms. The fraction of sp³-hybridized carbons (Fsp3) is 0.381. The van der Waals surface area contributed by atoms with Crippen LogP contribution in [0.5, 0.6) is 0 Å². The molecule has 1 unspecified atom stereocenters. The first-order chi connectivity index (χ1) is 13.6. The van der Waals surface area contributed by atoms with E-state index in [2.05, 4.69) is 0 Å². The van der Waals surface area contributed by atoms with Crippen molar-refractivity contribution in [1.29, 1.82) is 0 Å². The SMILES string of the molecule is CCC(=O)N(Cc1ccco1)C(C)c1nc2ccccc2c(=O)n1CCOC. The largest absolute Gasteiger partial charge is 0.467 e. The summed E-state index contributed by atoms with van der Waals surface area (Å²) in [7, 11) is 1.59. The van der Waals surface area contributed by atoms with Crippen LogP contribution in [0.2, 0.25) is 0 Å². The Labute approximate surface area is 163 Å². The number of amides is 1. The van der Waals surface area contributed by atoms with Crippen LogP contribution in [0.3, 0.4) is 0 Å². The molecule has 7 heteroatoms. The summed E-state index contributed by atoms with van der Waals surface area (Å²) >= 11 is 0. The molecule has 1 atom stereocenters. The van der Waals surface area contributed by atoms with E-state index >= 15 is 0 Å². The van der Waals surface area contributed by atoms with Crippen LogP contribution < -0.4 is 5.56 Å². The molecule has 0 radical (unpaired) electrons. The molecule has 0 aliphatic carbocycles. The van der Waals surface area contributed by atoms with Gasteiger partial charge >= 0.3 is 0 Å². The van der Waals surface area contributed by atoms with E-state index in [1.807, 2.05) is 38.1 Å². The van der Waals surface area contributed by atoms with E-state index in [4.69, 9.17) is 14.1 Å². The lowest BCUT2D eigenvalue weighted by atomic mass is 10.2. The molecule has 1 aromatic carbocycles. The maximum absolute atomic E-state index is 13.1. The minimum atomic E-state index is -0.410. The molecule has 0 N–H and O–H groups in total. The fourth-order valence-electron chi connectivity index (χ4n) is 3.26. The molecule has 0 saturated heterocycles. The third-order valence-corrected chi connectivity index (χ3v) is 4.78. The molecule has 7 nitrogen and oxygen atoms in total. The summed E-state index contributed by atoms with van der Waals surface area (Å²) in [5, 5.41) is 0.550. The topological polar surface area (TPSA) is 77.6 Å². The lowest BCUT2D eigenvalue weighted by Crippen LogP contribution is -2.37. The van der Waals surface area contributed by atoms with Gasteiger partial charge in [-0.2, -0.15) is 0 Å². The van der Waals surface area contributed by atoms with Crippen molar-refractivity contribution in [2.24, 2.45) is 0 Å². The number of methoxy groups -OCH3 is 1. The summed E-state index contributed by atoms with van der Waals surface area (Å²) in [6, 6.07) is 10.4. The van der Waals surface area contributed by atoms with Gasteiger partial charge in [0.25, 0.3) is 5.56 Å². The number of rotatable bonds is 8. The summed E-state index contributed by atoms with van der Waals surface area (Å²) < 4.78 is 12.2. The number of fused-ring (bicyclic) bond motifs is 1. The predicted octanol–water partition coefficient (Wildman–Crippen LogP) is 3.14. The fourth-order valence-corrected chi connectivity index (χ4v) is 3.26. The molecular formula is C21H25N3O4. The Kier molecular flexibility index (Phi) is 6.26. The number of furan rings is 1. The van der Waals surface area contributed by atoms with E-state index in [1.165, 1.54) is 0 Å². The van der Waals surface area contributed by atoms with Crippen molar-refractivity contribution < 1.29 is 13.9 Å². The first-order valence-electron chi connectivity index (χ1n) is 9.37. The molecule has 0 aliphatic rings. The summed E-state index contributed by atoms with van der Waals surface area (Å²) in [5.74, 6) is 1.18. The van der Waals surface area contributed by atoms with Crippen molar-refractivity contribution in [3.05, 3.63) is 64.6 Å². The Morgan fingerprint density at radius 1 is 1.29 bits per heavy atom. The molecule has 3 aromatic rings. The Hall–Kier alpha value is -2.93. The van der Waals surface area contributed by atoms with Gasteiger partial charge in [-0.1, -0.05) is 19.1 Å². The minimum Gasteiger partial charge on any atom is -0.467 e. The molecule has 2 aromatic heterocycles. The number of carbonyl (C=O) groups excluding carboxylic acids is 1. The highest BCUT2D eigenvalue weighted by atomic mass is 16.5. The first kappa shape index (κ1) is 19.8. The molecular weight excluding hydrogens is 358 g/mol. The van der Waals surface area contributed by atoms with Gasteiger partial charge in [-0.05, 0) is 31.2 Å². The number of ether oxygens (including phenoxy) is 1. The van der Waals surface area contributed by atoms with Gasteiger partial charge < -0.3 is 14.1 Å². The number of benzene rings is 1. The quantitative estimate of drug-likeness (QED) is 0.597. The van der Waals surface area contributed by atoms with E-state index in [0.29, 0.717) is 48.6 Å². The van der Waals surface area contributed by atoms with Gasteiger partial charge in [-0.15, -0.1) is 0 Å². The molecule has 0 saturated carbocycles. The van der Waals surface area contributed by atoms with Crippen LogP contribution >= 0.6 is 0 Å². The number of aromatic nitrogens is 2. The monoisotopic (exact) mass is 383 g/mol. The molecule has 2 heterocycles. The normalized spacial score (nSPS) is 12.2. The summed E-state index contributed by atoms with van der Waals surface area (Å²) in [5.41, 5.74) is 0.483. The molecule has 1 amide bonds. The second-order valence-electron chi connectivity index (χ2n) is 6.57. The molecule has 3 rings (SSSR count). The first-order valence-corrected chi connectivity index (χ1v) is 9.37. The zero-order chi connectivity index (χ0) is 20.1. The molecule has 0 spiro atoms. The van der Waals surface area contributed by atoms with Crippen LogP contribution in [0.15, 0.2) is 51.9 Å². The van der Waals surface area contributed by atoms with Gasteiger partial charge in [0.2, 0.25) is 5.91 Å². The van der Waals surface area contributed by atoms with Crippen LogP contribution in [0.4, 0.5) is 0 Å². The smallest absolute Gasteiger partial charge is 0.261 e. The molecule has 28 heavy (non-hydrogen) atoms. The highest BCUT2D eigenvalue weighted by Crippen LogP contribution is 2.23. The van der Waals surface area contributed by atoms with E-state index < -0.39 is 6.04 Å². The van der Waals surface area contributed by atoms with Crippen LogP contribution in [-0.4, -0.2) is 34.1 Å². The predicted molar refractivity (Wildman–Crippen MR) is 106 cm³/mol. The standard InChI is InChI=1S/C21H25N3O4/c1-4-19(25)24(14-16-8-7-12-28-16)15(2)20-22-18-10-6-5-9-17(18)21(26)23(20)11-13-27-3/h5-10,12,15H,4,11,13-14H2,1-3H3. The molecule has 148 valence electrons. The summed E-state index contributed by atoms with van der Waals surface area (Å²) in [6.07, 6.45) is 1.93. The summed E-state index contributed by atoms with van der Waals surface area (Å²) in [4.78, 5) is 32.2. The Balaban J connectivity index is 2.09. The van der Waals surface area contributed by atoms with E-state index in [-0.39, 0.29) is 11.5 Å². The maximum Gasteiger partial charge on any atom is 0.261 e. The zero-order valence-corrected chi connectivity index (χ0v) is 16.4. The number of carbonyl (C=O) groups is 1. The van der Waals surface area contributed by atoms with Gasteiger partial charge in [0.1, 0.15) is 11.6 Å². The van der Waals surface area contributed by atoms with Crippen molar-refractivity contribution in [3.63, 3.8) is 0 Å². The number of para-hydroxylation sites is 1. The highest BCUT2D eigenvalue weighted by molar-refractivity contribution is 5.78. The lowest BCUT2D eigenvalue weighted by Gasteiger charge is -2.29. The van der Waals surface area contributed by atoms with E-state index in [1.54, 1.807) is 35.0 Å². The van der Waals surface area contributed by atoms with Crippen molar-refractivity contribution in [3.8, 4) is 0 Å². The number of hydrogen-bond acceptors (Lipinski definition) is 5. The van der Waals surface area contributed by atoms with Crippen LogP contribution in [0.25, 0.3) is 10.9 Å². The Morgan fingerprint density at radius 3 is 2.75 bits per heavy atom. The van der Waals surface area contributed by atoms with Gasteiger partial charge in [-0.25, -0.2) is 4.98 Å². The van der Waals surface area contributed by atoms with Crippen molar-refractivity contribution in [1.82, 2.24) is 14.5 Å². The van der Waals surface area contributed by atoms with E-state index in [0.717, 1.165) is 0 Å². The van der Waals surface area contributed by atoms with Crippen LogP contribution in [0, 0.1) is 0 Å². The third-order valence-electron chi connectivity index (χ3n) is 4.78. The average Bonchev–Trinajstić information content (AvgIpc) is 3.23. The maximum atomic E-state index is 13.1. The third kappa shape index (κ3) is 3.99. The van der Waals surface area contributed by atoms with Crippen LogP contribution in [-0.2, 0) is 22.6 Å². The lowest BCUT2D eigenvalue weighted by molar-refractivity contribution is -0.134. The summed E-state index contributed by atoms with van der Waals surface area (Å²) in [6.45, 7) is 4.75. The van der Waals surface area contributed by atoms with Crippen molar-refractivity contribution in [2.75, 3.05) is 13.7 Å². The second kappa shape index (κ2) is 8.84. The van der Waals surface area contributed by atoms with Gasteiger partial charge in [0, 0.05) is 13.5 Å². The molecule has 0 fully saturated rings. The molecule has 0 aliphatic heterocycles. The highest BCUT2D eigenvalue weighted by Gasteiger charge is 2.26. The zero-order valence-electron chi connectivity index (χ0n) is 16.4. The van der Waals surface area contributed by atoms with Gasteiger partial charge in [0.05, 0.1) is 42.9 Å². The Morgan fingerprint density at radius 2 is 2.07 bits per heavy atom. The number of nitrogens with zero attached hydrogens (tertiary/aromatic N) is 3. The van der Waals surface area contributed by atoms with Crippen LogP contribution in [0.1, 0.15) is 37.9 Å². The number of hydrogen-bond donors (Lipinski definition) is 0. The van der Waals surface area contributed by atoms with E-state index in [9.17, 15) is 9.59 Å².